The molecule has 1 amide bonds. The summed E-state index contributed by atoms with van der Waals surface area (Å²) in [5, 5.41) is 3.53. The van der Waals surface area contributed by atoms with Gasteiger partial charge in [-0.2, -0.15) is 0 Å². The van der Waals surface area contributed by atoms with Gasteiger partial charge in [-0.25, -0.2) is 0 Å². The number of nitrogens with one attached hydrogen (secondary N) is 3. The van der Waals surface area contributed by atoms with E-state index < -0.39 is 0 Å². The van der Waals surface area contributed by atoms with Crippen LogP contribution in [0.5, 0.6) is 0 Å². The van der Waals surface area contributed by atoms with Gasteiger partial charge in [-0.1, -0.05) is 13.8 Å². The second-order valence-electron chi connectivity index (χ2n) is 5.43. The summed E-state index contributed by atoms with van der Waals surface area (Å²) in [6, 6.07) is 2.00. The molecule has 0 atom stereocenters. The van der Waals surface area contributed by atoms with Crippen molar-refractivity contribution in [3.8, 4) is 0 Å². The SMILES string of the molecule is CC(C)CCNC(=S)NNC(=O)c1cc2c(s1)CCC2. The van der Waals surface area contributed by atoms with Crippen molar-refractivity contribution in [2.24, 2.45) is 5.92 Å². The molecule has 1 aliphatic rings. The van der Waals surface area contributed by atoms with Crippen LogP contribution in [0.4, 0.5) is 0 Å². The van der Waals surface area contributed by atoms with Gasteiger partial charge < -0.3 is 5.32 Å². The Balaban J connectivity index is 1.73. The van der Waals surface area contributed by atoms with Crippen LogP contribution in [-0.4, -0.2) is 17.6 Å². The summed E-state index contributed by atoms with van der Waals surface area (Å²) >= 11 is 6.69. The van der Waals surface area contributed by atoms with Crippen molar-refractivity contribution in [2.45, 2.75) is 39.5 Å². The molecule has 0 bridgehead atoms. The fraction of sp³-hybridized carbons (Fsp3) is 0.571. The van der Waals surface area contributed by atoms with E-state index in [9.17, 15) is 4.79 Å². The molecule has 110 valence electrons. The van der Waals surface area contributed by atoms with Crippen molar-refractivity contribution in [1.29, 1.82) is 0 Å². The molecule has 1 aromatic heterocycles. The standard InChI is InChI=1S/C14H21N3OS2/c1-9(2)6-7-15-14(19)17-16-13(18)12-8-10-4-3-5-11(10)20-12/h8-9H,3-7H2,1-2H3,(H,16,18)(H2,15,17,19). The zero-order chi connectivity index (χ0) is 14.5. The van der Waals surface area contributed by atoms with E-state index >= 15 is 0 Å². The first kappa shape index (κ1) is 15.3. The lowest BCUT2D eigenvalue weighted by atomic mass is 10.1. The van der Waals surface area contributed by atoms with Gasteiger partial charge in [0.15, 0.2) is 5.11 Å². The summed E-state index contributed by atoms with van der Waals surface area (Å²) < 4.78 is 0. The first-order valence-electron chi connectivity index (χ1n) is 7.02. The largest absolute Gasteiger partial charge is 0.361 e. The third-order valence-corrected chi connectivity index (χ3v) is 4.75. The van der Waals surface area contributed by atoms with E-state index in [1.807, 2.05) is 6.07 Å². The van der Waals surface area contributed by atoms with Crippen molar-refractivity contribution >= 4 is 34.6 Å². The van der Waals surface area contributed by atoms with Crippen LogP contribution in [0.25, 0.3) is 0 Å². The van der Waals surface area contributed by atoms with E-state index in [1.54, 1.807) is 11.3 Å². The Hall–Kier alpha value is -1.14. The molecule has 0 saturated heterocycles. The number of fused-ring (bicyclic) bond motifs is 1. The first-order valence-corrected chi connectivity index (χ1v) is 8.24. The highest BCUT2D eigenvalue weighted by atomic mass is 32.1. The Kier molecular flexibility index (Phi) is 5.37. The number of hydrazine groups is 1. The monoisotopic (exact) mass is 311 g/mol. The predicted molar refractivity (Wildman–Crippen MR) is 87.0 cm³/mol. The number of hydrogen-bond acceptors (Lipinski definition) is 3. The number of rotatable bonds is 4. The predicted octanol–water partition coefficient (Wildman–Crippen LogP) is 2.39. The number of thiophene rings is 1. The molecule has 2 rings (SSSR count). The molecule has 6 heteroatoms. The Labute approximate surface area is 129 Å². The third-order valence-electron chi connectivity index (χ3n) is 3.27. The second kappa shape index (κ2) is 7.04. The van der Waals surface area contributed by atoms with Gasteiger partial charge in [-0.15, -0.1) is 11.3 Å². The molecular formula is C14H21N3OS2. The minimum absolute atomic E-state index is 0.114. The van der Waals surface area contributed by atoms with Gasteiger partial charge in [0.2, 0.25) is 0 Å². The van der Waals surface area contributed by atoms with Gasteiger partial charge in [0.05, 0.1) is 4.88 Å². The maximum absolute atomic E-state index is 12.0. The molecule has 0 fully saturated rings. The number of hydrogen-bond donors (Lipinski definition) is 3. The summed E-state index contributed by atoms with van der Waals surface area (Å²) in [7, 11) is 0. The van der Waals surface area contributed by atoms with E-state index in [0.29, 0.717) is 11.0 Å². The van der Waals surface area contributed by atoms with Gasteiger partial charge in [-0.3, -0.25) is 15.6 Å². The summed E-state index contributed by atoms with van der Waals surface area (Å²) in [4.78, 5) is 14.1. The van der Waals surface area contributed by atoms with Gasteiger partial charge in [-0.05, 0) is 55.4 Å². The molecule has 4 nitrogen and oxygen atoms in total. The van der Waals surface area contributed by atoms with E-state index in [0.717, 1.165) is 30.7 Å². The molecule has 0 aromatic carbocycles. The Morgan fingerprint density at radius 2 is 2.20 bits per heavy atom. The van der Waals surface area contributed by atoms with E-state index in [2.05, 4.69) is 30.0 Å². The van der Waals surface area contributed by atoms with Gasteiger partial charge in [0.1, 0.15) is 0 Å². The molecule has 0 saturated carbocycles. The quantitative estimate of drug-likeness (QED) is 0.590. The number of amides is 1. The highest BCUT2D eigenvalue weighted by Crippen LogP contribution is 2.30. The fourth-order valence-electron chi connectivity index (χ4n) is 2.13. The average Bonchev–Trinajstić information content (AvgIpc) is 2.96. The number of carbonyl (C=O) groups excluding carboxylic acids is 1. The zero-order valence-corrected chi connectivity index (χ0v) is 13.5. The zero-order valence-electron chi connectivity index (χ0n) is 11.9. The molecular weight excluding hydrogens is 290 g/mol. The van der Waals surface area contributed by atoms with Crippen molar-refractivity contribution in [2.75, 3.05) is 6.54 Å². The number of thiocarbonyl (C=S) groups is 1. The van der Waals surface area contributed by atoms with Crippen LogP contribution in [0.2, 0.25) is 0 Å². The van der Waals surface area contributed by atoms with Crippen molar-refractivity contribution < 1.29 is 4.79 Å². The van der Waals surface area contributed by atoms with Crippen LogP contribution in [0.15, 0.2) is 6.07 Å². The molecule has 0 unspecified atom stereocenters. The third kappa shape index (κ3) is 4.18. The molecule has 3 N–H and O–H groups in total. The lowest BCUT2D eigenvalue weighted by Gasteiger charge is -2.11. The van der Waals surface area contributed by atoms with E-state index in [1.165, 1.54) is 16.9 Å². The van der Waals surface area contributed by atoms with Crippen molar-refractivity contribution in [1.82, 2.24) is 16.2 Å². The highest BCUT2D eigenvalue weighted by Gasteiger charge is 2.18. The molecule has 1 aromatic rings. The fourth-order valence-corrected chi connectivity index (χ4v) is 3.44. The van der Waals surface area contributed by atoms with Crippen LogP contribution in [-0.2, 0) is 12.8 Å². The minimum Gasteiger partial charge on any atom is -0.361 e. The molecule has 1 heterocycles. The van der Waals surface area contributed by atoms with Crippen LogP contribution in [0.3, 0.4) is 0 Å². The summed E-state index contributed by atoms with van der Waals surface area (Å²) in [6.45, 7) is 5.14. The smallest absolute Gasteiger partial charge is 0.279 e. The number of carbonyl (C=O) groups is 1. The highest BCUT2D eigenvalue weighted by molar-refractivity contribution is 7.80. The van der Waals surface area contributed by atoms with E-state index in [4.69, 9.17) is 12.2 Å². The molecule has 1 aliphatic carbocycles. The molecule has 0 aliphatic heterocycles. The number of aryl methyl sites for hydroxylation is 2. The van der Waals surface area contributed by atoms with Crippen LogP contribution >= 0.6 is 23.6 Å². The summed E-state index contributed by atoms with van der Waals surface area (Å²) in [6.07, 6.45) is 4.47. The normalized spacial score (nSPS) is 13.2. The van der Waals surface area contributed by atoms with Crippen molar-refractivity contribution in [3.05, 3.63) is 21.4 Å². The lowest BCUT2D eigenvalue weighted by Crippen LogP contribution is -2.46. The maximum atomic E-state index is 12.0. The lowest BCUT2D eigenvalue weighted by molar-refractivity contribution is 0.0947. The molecule has 20 heavy (non-hydrogen) atoms. The van der Waals surface area contributed by atoms with Gasteiger partial charge >= 0.3 is 0 Å². The van der Waals surface area contributed by atoms with Crippen LogP contribution in [0.1, 0.15) is 46.8 Å². The Bertz CT molecular complexity index is 475. The Morgan fingerprint density at radius 1 is 1.40 bits per heavy atom. The van der Waals surface area contributed by atoms with Gasteiger partial charge in [0.25, 0.3) is 5.91 Å². The van der Waals surface area contributed by atoms with Crippen LogP contribution < -0.4 is 16.2 Å². The minimum atomic E-state index is -0.114. The maximum Gasteiger partial charge on any atom is 0.279 e. The molecule has 0 radical (unpaired) electrons. The summed E-state index contributed by atoms with van der Waals surface area (Å²) in [5.74, 6) is 0.519. The van der Waals surface area contributed by atoms with E-state index in [-0.39, 0.29) is 5.91 Å². The topological polar surface area (TPSA) is 53.2 Å². The average molecular weight is 311 g/mol. The summed E-state index contributed by atoms with van der Waals surface area (Å²) in [5.41, 5.74) is 6.72. The Morgan fingerprint density at radius 3 is 2.90 bits per heavy atom. The first-order chi connectivity index (χ1) is 9.56. The second-order valence-corrected chi connectivity index (χ2v) is 6.98. The van der Waals surface area contributed by atoms with Gasteiger partial charge in [0, 0.05) is 11.4 Å². The van der Waals surface area contributed by atoms with Crippen LogP contribution in [0, 0.1) is 5.92 Å². The molecule has 0 spiro atoms. The van der Waals surface area contributed by atoms with Crippen molar-refractivity contribution in [3.63, 3.8) is 0 Å².